The summed E-state index contributed by atoms with van der Waals surface area (Å²) in [5.74, 6) is 0.336. The van der Waals surface area contributed by atoms with Gasteiger partial charge < -0.3 is 4.74 Å². The molecule has 1 rings (SSSR count). The highest BCUT2D eigenvalue weighted by atomic mass is 17.2. The van der Waals surface area contributed by atoms with Crippen LogP contribution in [-0.2, 0) is 9.78 Å². The Hall–Kier alpha value is -1.55. The highest BCUT2D eigenvalue weighted by molar-refractivity contribution is 5.89. The lowest BCUT2D eigenvalue weighted by Gasteiger charge is -2.07. The van der Waals surface area contributed by atoms with Crippen LogP contribution in [0.1, 0.15) is 153 Å². The average Bonchev–Trinajstić information content (AvgIpc) is 2.88. The number of unbranched alkanes of at least 4 members (excludes halogenated alkanes) is 18. The van der Waals surface area contributed by atoms with E-state index in [0.29, 0.717) is 18.8 Å². The molecule has 0 saturated carbocycles. The van der Waals surface area contributed by atoms with Crippen molar-refractivity contribution >= 4 is 5.97 Å². The van der Waals surface area contributed by atoms with Gasteiger partial charge in [-0.3, -0.25) is 4.89 Å². The molecule has 0 aliphatic carbocycles. The molecule has 0 bridgehead atoms. The quantitative estimate of drug-likeness (QED) is 0.0777. The average molecular weight is 491 g/mol. The van der Waals surface area contributed by atoms with Crippen molar-refractivity contribution in [2.45, 2.75) is 142 Å². The number of hydrogen-bond acceptors (Lipinski definition) is 4. The largest absolute Gasteiger partial charge is 0.494 e. The lowest BCUT2D eigenvalue weighted by molar-refractivity contribution is -0.241. The first-order chi connectivity index (χ1) is 17.3. The predicted octanol–water partition coefficient (Wildman–Crippen LogP) is 10.00. The van der Waals surface area contributed by atoms with Crippen molar-refractivity contribution in [3.63, 3.8) is 0 Å². The van der Waals surface area contributed by atoms with Crippen molar-refractivity contribution in [3.8, 4) is 5.75 Å². The van der Waals surface area contributed by atoms with Crippen molar-refractivity contribution in [1.82, 2.24) is 0 Å². The minimum absolute atomic E-state index is 0.448. The summed E-state index contributed by atoms with van der Waals surface area (Å²) < 4.78 is 5.70. The van der Waals surface area contributed by atoms with Gasteiger partial charge in [0, 0.05) is 0 Å². The van der Waals surface area contributed by atoms with Gasteiger partial charge in [-0.15, -0.1) is 0 Å². The van der Waals surface area contributed by atoms with Crippen LogP contribution in [0, 0.1) is 0 Å². The molecule has 1 aromatic carbocycles. The standard InChI is InChI=1S/C31H54O4/c1-3-5-7-9-10-11-12-13-14-15-16-17-18-19-20-22-28-34-35-31(32)29-23-25-30(26-24-29)33-27-21-8-6-4-2/h23-26H,3-22,27-28H2,1-2H3. The van der Waals surface area contributed by atoms with Gasteiger partial charge in [-0.05, 0) is 37.1 Å². The summed E-state index contributed by atoms with van der Waals surface area (Å²) in [7, 11) is 0. The summed E-state index contributed by atoms with van der Waals surface area (Å²) in [5.41, 5.74) is 0.482. The molecule has 0 N–H and O–H groups in total. The number of carbonyl (C=O) groups excluding carboxylic acids is 1. The van der Waals surface area contributed by atoms with E-state index in [2.05, 4.69) is 13.8 Å². The lowest BCUT2D eigenvalue weighted by Crippen LogP contribution is -2.07. The Bertz CT molecular complexity index is 584. The van der Waals surface area contributed by atoms with Crippen molar-refractivity contribution in [3.05, 3.63) is 29.8 Å². The molecule has 4 heteroatoms. The van der Waals surface area contributed by atoms with E-state index >= 15 is 0 Å². The number of carbonyl (C=O) groups is 1. The highest BCUT2D eigenvalue weighted by Crippen LogP contribution is 2.15. The first-order valence-electron chi connectivity index (χ1n) is 14.8. The molecule has 0 amide bonds. The van der Waals surface area contributed by atoms with Crippen LogP contribution in [0.2, 0.25) is 0 Å². The van der Waals surface area contributed by atoms with E-state index in [4.69, 9.17) is 14.5 Å². The number of rotatable bonds is 25. The Morgan fingerprint density at radius 3 is 1.43 bits per heavy atom. The van der Waals surface area contributed by atoms with Crippen LogP contribution in [-0.4, -0.2) is 19.2 Å². The zero-order valence-electron chi connectivity index (χ0n) is 23.0. The zero-order chi connectivity index (χ0) is 25.2. The number of hydrogen-bond donors (Lipinski definition) is 0. The van der Waals surface area contributed by atoms with Gasteiger partial charge in [0.1, 0.15) is 5.75 Å². The minimum Gasteiger partial charge on any atom is -0.494 e. The van der Waals surface area contributed by atoms with Crippen LogP contribution in [0.4, 0.5) is 0 Å². The maximum Gasteiger partial charge on any atom is 0.373 e. The normalized spacial score (nSPS) is 11.0. The summed E-state index contributed by atoms with van der Waals surface area (Å²) in [5, 5.41) is 0. The highest BCUT2D eigenvalue weighted by Gasteiger charge is 2.08. The first kappa shape index (κ1) is 31.5. The summed E-state index contributed by atoms with van der Waals surface area (Å²) in [6.45, 7) is 5.65. The second-order valence-electron chi connectivity index (χ2n) is 9.93. The van der Waals surface area contributed by atoms with Crippen LogP contribution >= 0.6 is 0 Å². The van der Waals surface area contributed by atoms with Gasteiger partial charge in [0.05, 0.1) is 18.8 Å². The molecule has 35 heavy (non-hydrogen) atoms. The van der Waals surface area contributed by atoms with Crippen LogP contribution in [0.3, 0.4) is 0 Å². The Morgan fingerprint density at radius 1 is 0.543 bits per heavy atom. The van der Waals surface area contributed by atoms with Crippen LogP contribution in [0.25, 0.3) is 0 Å². The van der Waals surface area contributed by atoms with Gasteiger partial charge in [0.15, 0.2) is 0 Å². The molecule has 0 unspecified atom stereocenters. The second-order valence-corrected chi connectivity index (χ2v) is 9.93. The molecule has 0 heterocycles. The number of ether oxygens (including phenoxy) is 1. The van der Waals surface area contributed by atoms with Crippen LogP contribution in [0.15, 0.2) is 24.3 Å². The van der Waals surface area contributed by atoms with E-state index in [0.717, 1.165) is 25.0 Å². The number of benzene rings is 1. The first-order valence-corrected chi connectivity index (χ1v) is 14.8. The molecule has 0 saturated heterocycles. The predicted molar refractivity (Wildman–Crippen MR) is 147 cm³/mol. The molecule has 0 aliphatic heterocycles. The Morgan fingerprint density at radius 2 is 0.943 bits per heavy atom. The van der Waals surface area contributed by atoms with Gasteiger partial charge in [-0.1, -0.05) is 129 Å². The van der Waals surface area contributed by atoms with E-state index < -0.39 is 5.97 Å². The van der Waals surface area contributed by atoms with Crippen molar-refractivity contribution in [2.24, 2.45) is 0 Å². The summed E-state index contributed by atoms with van der Waals surface area (Å²) >= 11 is 0. The van der Waals surface area contributed by atoms with E-state index in [9.17, 15) is 4.79 Å². The smallest absolute Gasteiger partial charge is 0.373 e. The van der Waals surface area contributed by atoms with Gasteiger partial charge in [-0.25, -0.2) is 4.79 Å². The molecule has 0 fully saturated rings. The molecule has 4 nitrogen and oxygen atoms in total. The monoisotopic (exact) mass is 490 g/mol. The third kappa shape index (κ3) is 19.3. The SMILES string of the molecule is CCCCCCCCCCCCCCCCCCOOC(=O)c1ccc(OCCCCCC)cc1. The van der Waals surface area contributed by atoms with Gasteiger partial charge in [-0.2, -0.15) is 4.89 Å². The van der Waals surface area contributed by atoms with E-state index in [-0.39, 0.29) is 0 Å². The molecule has 0 aliphatic rings. The Balaban J connectivity index is 1.87. The molecule has 0 spiro atoms. The third-order valence-corrected chi connectivity index (χ3v) is 6.57. The lowest BCUT2D eigenvalue weighted by atomic mass is 10.0. The molecule has 0 atom stereocenters. The molecule has 202 valence electrons. The Kier molecular flexibility index (Phi) is 21.7. The maximum absolute atomic E-state index is 12.1. The van der Waals surface area contributed by atoms with Gasteiger partial charge in [0.25, 0.3) is 0 Å². The topological polar surface area (TPSA) is 44.8 Å². The van der Waals surface area contributed by atoms with E-state index in [1.807, 2.05) is 12.1 Å². The van der Waals surface area contributed by atoms with E-state index in [1.165, 1.54) is 109 Å². The Labute approximate surface area is 216 Å². The minimum atomic E-state index is -0.448. The summed E-state index contributed by atoms with van der Waals surface area (Å²) in [4.78, 5) is 22.1. The zero-order valence-corrected chi connectivity index (χ0v) is 23.0. The molecule has 0 aromatic heterocycles. The fraction of sp³-hybridized carbons (Fsp3) is 0.774. The summed E-state index contributed by atoms with van der Waals surface area (Å²) in [6.07, 6.45) is 26.1. The molecular formula is C31H54O4. The van der Waals surface area contributed by atoms with Crippen LogP contribution < -0.4 is 4.74 Å². The van der Waals surface area contributed by atoms with Crippen molar-refractivity contribution < 1.29 is 19.3 Å². The molecule has 0 radical (unpaired) electrons. The summed E-state index contributed by atoms with van der Waals surface area (Å²) in [6, 6.07) is 7.07. The van der Waals surface area contributed by atoms with Crippen molar-refractivity contribution in [1.29, 1.82) is 0 Å². The van der Waals surface area contributed by atoms with Gasteiger partial charge in [0.2, 0.25) is 0 Å². The van der Waals surface area contributed by atoms with Gasteiger partial charge >= 0.3 is 5.97 Å². The fourth-order valence-corrected chi connectivity index (χ4v) is 4.26. The van der Waals surface area contributed by atoms with Crippen molar-refractivity contribution in [2.75, 3.05) is 13.2 Å². The fourth-order valence-electron chi connectivity index (χ4n) is 4.26. The molecular weight excluding hydrogens is 436 g/mol. The van der Waals surface area contributed by atoms with Crippen LogP contribution in [0.5, 0.6) is 5.75 Å². The third-order valence-electron chi connectivity index (χ3n) is 6.57. The van der Waals surface area contributed by atoms with E-state index in [1.54, 1.807) is 12.1 Å². The molecule has 1 aromatic rings. The maximum atomic E-state index is 12.1. The second kappa shape index (κ2) is 24.2.